The van der Waals surface area contributed by atoms with E-state index in [1.165, 1.54) is 6.08 Å². The number of rotatable bonds is 3. The Morgan fingerprint density at radius 3 is 2.48 bits per heavy atom. The molecule has 0 saturated carbocycles. The van der Waals surface area contributed by atoms with Crippen LogP contribution < -0.4 is 0 Å². The molecule has 3 nitrogen and oxygen atoms in total. The van der Waals surface area contributed by atoms with E-state index >= 15 is 8.63 Å². The minimum atomic E-state index is -4.22. The number of aldehydes is 1. The van der Waals surface area contributed by atoms with E-state index < -0.39 is 6.97 Å². The number of allylic oxidation sites excluding steroid dienone is 2. The minimum absolute atomic E-state index is 0.0680. The van der Waals surface area contributed by atoms with Crippen molar-refractivity contribution in [3.8, 4) is 0 Å². The maximum atomic E-state index is 15.7. The van der Waals surface area contributed by atoms with Crippen molar-refractivity contribution < 1.29 is 17.9 Å². The predicted octanol–water partition coefficient (Wildman–Crippen LogP) is 4.45. The van der Waals surface area contributed by atoms with Gasteiger partial charge in [-0.15, -0.1) is 0 Å². The zero-order valence-corrected chi connectivity index (χ0v) is 16.0. The van der Waals surface area contributed by atoms with Gasteiger partial charge in [0, 0.05) is 11.8 Å². The molecule has 0 atom stereocenters. The number of carbonyl (C=O) groups is 1. The summed E-state index contributed by atoms with van der Waals surface area (Å²) in [5.41, 5.74) is 4.60. The molecule has 0 amide bonds. The molecule has 2 aliphatic heterocycles. The van der Waals surface area contributed by atoms with Gasteiger partial charge in [0.2, 0.25) is 5.17 Å². The molecular weight excluding hydrogens is 368 g/mol. The average molecular weight is 387 g/mol. The predicted molar refractivity (Wildman–Crippen MR) is 104 cm³/mol. The van der Waals surface area contributed by atoms with E-state index in [1.807, 2.05) is 44.2 Å². The molecule has 0 N–H and O–H groups in total. The summed E-state index contributed by atoms with van der Waals surface area (Å²) in [6, 6.07) is 9.38. The monoisotopic (exact) mass is 386 g/mol. The summed E-state index contributed by atoms with van der Waals surface area (Å²) in [5, 5.41) is -0.229. The Morgan fingerprint density at radius 1 is 1.22 bits per heavy atom. The molecule has 0 aliphatic carbocycles. The quantitative estimate of drug-likeness (QED) is 0.565. The van der Waals surface area contributed by atoms with Crippen molar-refractivity contribution in [3.05, 3.63) is 75.8 Å². The summed E-state index contributed by atoms with van der Waals surface area (Å²) in [6.45, 7) is 1.35. The molecule has 1 aromatic heterocycles. The lowest BCUT2D eigenvalue weighted by atomic mass is 9.85. The van der Waals surface area contributed by atoms with Crippen LogP contribution in [-0.4, -0.2) is 27.4 Å². The summed E-state index contributed by atoms with van der Waals surface area (Å²) in [7, 11) is 0. The maximum Gasteiger partial charge on any atom is 0.738 e. The first kappa shape index (κ1) is 17.9. The van der Waals surface area contributed by atoms with Gasteiger partial charge in [0.25, 0.3) is 0 Å². The van der Waals surface area contributed by atoms with Crippen LogP contribution in [0.5, 0.6) is 0 Å². The number of aromatic nitrogens is 1. The van der Waals surface area contributed by atoms with Crippen molar-refractivity contribution in [2.45, 2.75) is 27.2 Å². The van der Waals surface area contributed by atoms with Crippen LogP contribution in [0, 0.1) is 13.8 Å². The number of hydrogen-bond acceptors (Lipinski definition) is 1. The summed E-state index contributed by atoms with van der Waals surface area (Å²) in [5.74, 6) is 0. The van der Waals surface area contributed by atoms with E-state index in [0.717, 1.165) is 25.7 Å². The lowest BCUT2D eigenvalue weighted by Crippen LogP contribution is -2.51. The van der Waals surface area contributed by atoms with Gasteiger partial charge in [0.05, 0.1) is 5.57 Å². The van der Waals surface area contributed by atoms with Gasteiger partial charge < -0.3 is 17.6 Å². The standard InChI is InChI=1S/C20H18BClF2N2O/c1-4-16-12(2)19-18(14-8-6-5-7-9-14)17-10-15(11-27)20(22)26(17)21(23,24)25(19)13(16)3/h5-11H,4H2,1-3H3. The van der Waals surface area contributed by atoms with E-state index in [1.54, 1.807) is 6.92 Å². The Kier molecular flexibility index (Phi) is 4.00. The van der Waals surface area contributed by atoms with Crippen LogP contribution in [0.15, 0.2) is 47.7 Å². The number of benzene rings is 1. The second-order valence-corrected chi connectivity index (χ2v) is 7.21. The molecule has 1 aromatic carbocycles. The molecule has 27 heavy (non-hydrogen) atoms. The van der Waals surface area contributed by atoms with Crippen LogP contribution >= 0.6 is 11.6 Å². The fourth-order valence-electron chi connectivity index (χ4n) is 4.35. The molecule has 0 saturated heterocycles. The Balaban J connectivity index is 2.21. The number of hydrogen-bond donors (Lipinski definition) is 0. The van der Waals surface area contributed by atoms with Crippen LogP contribution in [-0.2, 0) is 11.2 Å². The first-order valence-corrected chi connectivity index (χ1v) is 9.24. The molecule has 3 heterocycles. The van der Waals surface area contributed by atoms with E-state index in [-0.39, 0.29) is 16.4 Å². The van der Waals surface area contributed by atoms with Gasteiger partial charge in [0.1, 0.15) is 5.57 Å². The molecule has 0 unspecified atom stereocenters. The number of fused-ring (bicyclic) bond motifs is 2. The van der Waals surface area contributed by atoms with Crippen molar-refractivity contribution in [2.75, 3.05) is 0 Å². The van der Waals surface area contributed by atoms with Gasteiger partial charge in [-0.3, -0.25) is 4.79 Å². The average Bonchev–Trinajstić information content (AvgIpc) is 3.11. The fourth-order valence-corrected chi connectivity index (χ4v) is 4.66. The van der Waals surface area contributed by atoms with Gasteiger partial charge in [-0.1, -0.05) is 37.3 Å². The lowest BCUT2D eigenvalue weighted by Gasteiger charge is -2.32. The van der Waals surface area contributed by atoms with E-state index in [4.69, 9.17) is 11.6 Å². The van der Waals surface area contributed by atoms with Crippen LogP contribution in [0.25, 0.3) is 5.57 Å². The summed E-state index contributed by atoms with van der Waals surface area (Å²) >= 11 is 6.22. The molecule has 4 rings (SSSR count). The third kappa shape index (κ3) is 2.26. The third-order valence-electron chi connectivity index (χ3n) is 5.51. The summed E-state index contributed by atoms with van der Waals surface area (Å²) < 4.78 is 33.3. The van der Waals surface area contributed by atoms with Gasteiger partial charge in [0.15, 0.2) is 12.0 Å². The fraction of sp³-hybridized carbons (Fsp3) is 0.200. The Morgan fingerprint density at radius 2 is 1.89 bits per heavy atom. The van der Waals surface area contributed by atoms with E-state index in [9.17, 15) is 4.79 Å². The highest BCUT2D eigenvalue weighted by Crippen LogP contribution is 2.44. The molecule has 138 valence electrons. The van der Waals surface area contributed by atoms with Crippen LogP contribution in [0.4, 0.5) is 8.63 Å². The van der Waals surface area contributed by atoms with Crippen LogP contribution in [0.3, 0.4) is 0 Å². The van der Waals surface area contributed by atoms with Gasteiger partial charge in [-0.25, -0.2) is 0 Å². The lowest BCUT2D eigenvalue weighted by molar-refractivity contribution is -0.359. The van der Waals surface area contributed by atoms with Crippen LogP contribution in [0.2, 0.25) is 0 Å². The zero-order valence-electron chi connectivity index (χ0n) is 15.3. The van der Waals surface area contributed by atoms with Gasteiger partial charge in [-0.05, 0) is 54.3 Å². The van der Waals surface area contributed by atoms with Crippen LogP contribution in [0.1, 0.15) is 35.0 Å². The molecule has 0 bridgehead atoms. The van der Waals surface area contributed by atoms with Crippen molar-refractivity contribution in [1.82, 2.24) is 4.48 Å². The minimum Gasteiger partial charge on any atom is -0.393 e. The Bertz CT molecular complexity index is 1080. The largest absolute Gasteiger partial charge is 0.738 e. The van der Waals surface area contributed by atoms with Crippen molar-refractivity contribution in [3.63, 3.8) is 0 Å². The topological polar surface area (TPSA) is 25.0 Å². The maximum absolute atomic E-state index is 15.7. The first-order chi connectivity index (χ1) is 12.8. The van der Waals surface area contributed by atoms with Crippen molar-refractivity contribution in [2.24, 2.45) is 0 Å². The molecule has 0 spiro atoms. The zero-order chi connectivity index (χ0) is 19.5. The molecular formula is C20H18BClF2N2O. The SMILES string of the molecule is CCc1c(C)c2n(c1C)[B-](F)(F)[N+]1=C(Cl)C(C=O)=CC1=C2c1ccccc1. The van der Waals surface area contributed by atoms with E-state index in [2.05, 4.69) is 0 Å². The van der Waals surface area contributed by atoms with E-state index in [0.29, 0.717) is 29.7 Å². The highest BCUT2D eigenvalue weighted by molar-refractivity contribution is 6.73. The second-order valence-electron chi connectivity index (χ2n) is 6.85. The highest BCUT2D eigenvalue weighted by Gasteiger charge is 2.56. The normalized spacial score (nSPS) is 17.8. The molecule has 0 radical (unpaired) electrons. The smallest absolute Gasteiger partial charge is 0.393 e. The summed E-state index contributed by atoms with van der Waals surface area (Å²) in [4.78, 5) is 11.4. The molecule has 0 fully saturated rings. The van der Waals surface area contributed by atoms with Gasteiger partial charge >= 0.3 is 6.97 Å². The van der Waals surface area contributed by atoms with Gasteiger partial charge in [-0.2, -0.15) is 0 Å². The molecule has 7 heteroatoms. The number of halogens is 3. The number of nitrogens with zero attached hydrogens (tertiary/aromatic N) is 2. The number of carbonyl (C=O) groups excluding carboxylic acids is 1. The summed E-state index contributed by atoms with van der Waals surface area (Å²) in [6.07, 6.45) is 2.65. The first-order valence-electron chi connectivity index (χ1n) is 8.86. The highest BCUT2D eigenvalue weighted by atomic mass is 35.5. The van der Waals surface area contributed by atoms with Crippen molar-refractivity contribution in [1.29, 1.82) is 0 Å². The molecule has 2 aromatic rings. The molecule has 2 aliphatic rings. The Hall–Kier alpha value is -2.47. The second kappa shape index (κ2) is 6.03. The Labute approximate surface area is 161 Å². The van der Waals surface area contributed by atoms with Crippen molar-refractivity contribution >= 4 is 35.6 Å². The third-order valence-corrected chi connectivity index (χ3v) is 5.91.